The van der Waals surface area contributed by atoms with Gasteiger partial charge in [0, 0.05) is 12.2 Å². The summed E-state index contributed by atoms with van der Waals surface area (Å²) in [4.78, 5) is 4.23. The van der Waals surface area contributed by atoms with Gasteiger partial charge in [0.2, 0.25) is 0 Å². The van der Waals surface area contributed by atoms with Crippen molar-refractivity contribution in [1.29, 1.82) is 0 Å². The Morgan fingerprint density at radius 3 is 2.88 bits per heavy atom. The third-order valence-electron chi connectivity index (χ3n) is 3.50. The molecule has 3 heteroatoms. The summed E-state index contributed by atoms with van der Waals surface area (Å²) in [6.45, 7) is 2.84. The molecular formula is C14H22N2O. The highest BCUT2D eigenvalue weighted by atomic mass is 16.5. The maximum atomic E-state index is 6.30. The summed E-state index contributed by atoms with van der Waals surface area (Å²) in [6, 6.07) is 2.17. The highest BCUT2D eigenvalue weighted by molar-refractivity contribution is 5.26. The molecule has 0 spiro atoms. The van der Waals surface area contributed by atoms with E-state index >= 15 is 0 Å². The fraction of sp³-hybridized carbons (Fsp3) is 0.643. The molecule has 1 atom stereocenters. The third kappa shape index (κ3) is 3.19. The molecule has 1 aromatic heterocycles. The Morgan fingerprint density at radius 1 is 1.41 bits per heavy atom. The molecule has 1 saturated carbocycles. The van der Waals surface area contributed by atoms with Gasteiger partial charge in [0.25, 0.3) is 0 Å². The Kier molecular flexibility index (Phi) is 4.37. The lowest BCUT2D eigenvalue weighted by Gasteiger charge is -2.19. The van der Waals surface area contributed by atoms with Gasteiger partial charge in [-0.05, 0) is 36.8 Å². The summed E-state index contributed by atoms with van der Waals surface area (Å²) >= 11 is 0. The molecule has 0 saturated heterocycles. The molecule has 1 heterocycles. The van der Waals surface area contributed by atoms with E-state index in [0.29, 0.717) is 5.92 Å². The van der Waals surface area contributed by atoms with Crippen molar-refractivity contribution in [1.82, 2.24) is 4.98 Å². The van der Waals surface area contributed by atoms with E-state index in [4.69, 9.17) is 10.5 Å². The maximum Gasteiger partial charge on any atom is 0.137 e. The van der Waals surface area contributed by atoms with Crippen LogP contribution in [0.4, 0.5) is 0 Å². The Labute approximate surface area is 103 Å². The zero-order chi connectivity index (χ0) is 12.1. The molecule has 0 aliphatic heterocycles. The number of pyridine rings is 1. The Hall–Kier alpha value is -1.09. The number of aromatic nitrogens is 1. The number of rotatable bonds is 5. The Bertz CT molecular complexity index is 348. The van der Waals surface area contributed by atoms with Crippen LogP contribution < -0.4 is 10.5 Å². The quantitative estimate of drug-likeness (QED) is 0.851. The molecule has 2 rings (SSSR count). The Morgan fingerprint density at radius 2 is 2.18 bits per heavy atom. The minimum Gasteiger partial charge on any atom is -0.492 e. The highest BCUT2D eigenvalue weighted by Crippen LogP contribution is 2.34. The van der Waals surface area contributed by atoms with Crippen LogP contribution in [0.2, 0.25) is 0 Å². The summed E-state index contributed by atoms with van der Waals surface area (Å²) in [7, 11) is 0. The second-order valence-electron chi connectivity index (χ2n) is 4.87. The molecule has 1 fully saturated rings. The van der Waals surface area contributed by atoms with Crippen LogP contribution in [0.25, 0.3) is 0 Å². The molecule has 0 bridgehead atoms. The summed E-state index contributed by atoms with van der Waals surface area (Å²) < 4.78 is 5.59. The molecule has 1 unspecified atom stereocenters. The summed E-state index contributed by atoms with van der Waals surface area (Å²) in [5.41, 5.74) is 7.42. The van der Waals surface area contributed by atoms with Gasteiger partial charge >= 0.3 is 0 Å². The highest BCUT2D eigenvalue weighted by Gasteiger charge is 2.23. The molecule has 1 aromatic rings. The molecule has 2 N–H and O–H groups in total. The van der Waals surface area contributed by atoms with Gasteiger partial charge in [-0.1, -0.05) is 19.8 Å². The van der Waals surface area contributed by atoms with Gasteiger partial charge in [-0.25, -0.2) is 0 Å². The van der Waals surface area contributed by atoms with Crippen LogP contribution >= 0.6 is 0 Å². The number of hydrogen-bond acceptors (Lipinski definition) is 3. The van der Waals surface area contributed by atoms with Gasteiger partial charge in [-0.3, -0.25) is 4.98 Å². The van der Waals surface area contributed by atoms with Crippen LogP contribution in [0.5, 0.6) is 5.75 Å². The van der Waals surface area contributed by atoms with Crippen molar-refractivity contribution in [2.24, 2.45) is 11.7 Å². The SMILES string of the molecule is CCCOc1cncc(C(N)C2CCCC2)c1. The van der Waals surface area contributed by atoms with E-state index in [1.54, 1.807) is 6.20 Å². The van der Waals surface area contributed by atoms with Crippen LogP contribution in [0.15, 0.2) is 18.5 Å². The summed E-state index contributed by atoms with van der Waals surface area (Å²) in [5.74, 6) is 1.47. The monoisotopic (exact) mass is 234 g/mol. The third-order valence-corrected chi connectivity index (χ3v) is 3.50. The number of hydrogen-bond donors (Lipinski definition) is 1. The van der Waals surface area contributed by atoms with E-state index in [1.165, 1.54) is 25.7 Å². The van der Waals surface area contributed by atoms with Gasteiger partial charge < -0.3 is 10.5 Å². The molecule has 0 amide bonds. The van der Waals surface area contributed by atoms with E-state index in [2.05, 4.69) is 11.9 Å². The molecular weight excluding hydrogens is 212 g/mol. The average Bonchev–Trinajstić information content (AvgIpc) is 2.89. The first kappa shape index (κ1) is 12.4. The van der Waals surface area contributed by atoms with Crippen molar-refractivity contribution in [2.45, 2.75) is 45.1 Å². The summed E-state index contributed by atoms with van der Waals surface area (Å²) in [6.07, 6.45) is 9.79. The smallest absolute Gasteiger partial charge is 0.137 e. The minimum atomic E-state index is 0.121. The fourth-order valence-electron chi connectivity index (χ4n) is 2.51. The zero-order valence-electron chi connectivity index (χ0n) is 10.6. The molecule has 1 aliphatic rings. The zero-order valence-corrected chi connectivity index (χ0v) is 10.6. The van der Waals surface area contributed by atoms with E-state index < -0.39 is 0 Å². The standard InChI is InChI=1S/C14H22N2O/c1-2-7-17-13-8-12(9-16-10-13)14(15)11-5-3-4-6-11/h8-11,14H,2-7,15H2,1H3. The minimum absolute atomic E-state index is 0.121. The van der Waals surface area contributed by atoms with Crippen molar-refractivity contribution in [3.8, 4) is 5.75 Å². The number of nitrogens with zero attached hydrogens (tertiary/aromatic N) is 1. The molecule has 0 aromatic carbocycles. The van der Waals surface area contributed by atoms with Gasteiger partial charge in [-0.15, -0.1) is 0 Å². The number of nitrogens with two attached hydrogens (primary N) is 1. The van der Waals surface area contributed by atoms with Crippen molar-refractivity contribution in [3.63, 3.8) is 0 Å². The topological polar surface area (TPSA) is 48.1 Å². The predicted molar refractivity (Wildman–Crippen MR) is 68.9 cm³/mol. The lowest BCUT2D eigenvalue weighted by molar-refractivity contribution is 0.315. The van der Waals surface area contributed by atoms with Crippen molar-refractivity contribution in [2.75, 3.05) is 6.61 Å². The second kappa shape index (κ2) is 6.01. The summed E-state index contributed by atoms with van der Waals surface area (Å²) in [5, 5.41) is 0. The first-order chi connectivity index (χ1) is 8.31. The average molecular weight is 234 g/mol. The molecule has 94 valence electrons. The molecule has 0 radical (unpaired) electrons. The van der Waals surface area contributed by atoms with Crippen LogP contribution in [-0.4, -0.2) is 11.6 Å². The van der Waals surface area contributed by atoms with Crippen molar-refractivity contribution >= 4 is 0 Å². The van der Waals surface area contributed by atoms with Gasteiger partial charge in [0.05, 0.1) is 12.8 Å². The molecule has 17 heavy (non-hydrogen) atoms. The maximum absolute atomic E-state index is 6.30. The number of ether oxygens (including phenoxy) is 1. The van der Waals surface area contributed by atoms with E-state index in [9.17, 15) is 0 Å². The van der Waals surface area contributed by atoms with E-state index in [1.807, 2.05) is 12.3 Å². The lowest BCUT2D eigenvalue weighted by atomic mass is 9.93. The van der Waals surface area contributed by atoms with E-state index in [0.717, 1.165) is 24.3 Å². The largest absolute Gasteiger partial charge is 0.492 e. The van der Waals surface area contributed by atoms with Crippen molar-refractivity contribution in [3.05, 3.63) is 24.0 Å². The second-order valence-corrected chi connectivity index (χ2v) is 4.87. The predicted octanol–water partition coefficient (Wildman–Crippen LogP) is 3.06. The van der Waals surface area contributed by atoms with Gasteiger partial charge in [0.1, 0.15) is 5.75 Å². The molecule has 3 nitrogen and oxygen atoms in total. The van der Waals surface area contributed by atoms with Gasteiger partial charge in [-0.2, -0.15) is 0 Å². The normalized spacial score (nSPS) is 18.2. The van der Waals surface area contributed by atoms with E-state index in [-0.39, 0.29) is 6.04 Å². The molecule has 1 aliphatic carbocycles. The van der Waals surface area contributed by atoms with Crippen molar-refractivity contribution < 1.29 is 4.74 Å². The first-order valence-electron chi connectivity index (χ1n) is 6.64. The van der Waals surface area contributed by atoms with Crippen LogP contribution in [-0.2, 0) is 0 Å². The Balaban J connectivity index is 2.03. The van der Waals surface area contributed by atoms with Gasteiger partial charge in [0.15, 0.2) is 0 Å². The van der Waals surface area contributed by atoms with Crippen LogP contribution in [0, 0.1) is 5.92 Å². The fourth-order valence-corrected chi connectivity index (χ4v) is 2.51. The van der Waals surface area contributed by atoms with Crippen LogP contribution in [0.3, 0.4) is 0 Å². The first-order valence-corrected chi connectivity index (χ1v) is 6.64. The van der Waals surface area contributed by atoms with Crippen LogP contribution in [0.1, 0.15) is 50.6 Å². The lowest BCUT2D eigenvalue weighted by Crippen LogP contribution is -2.19.